The second kappa shape index (κ2) is 9.22. The molecule has 0 aliphatic carbocycles. The predicted octanol–water partition coefficient (Wildman–Crippen LogP) is 4.39. The highest BCUT2D eigenvalue weighted by atomic mass is 35.5. The van der Waals surface area contributed by atoms with E-state index in [1.807, 2.05) is 17.9 Å². The van der Waals surface area contributed by atoms with Crippen LogP contribution in [0.5, 0.6) is 0 Å². The Kier molecular flexibility index (Phi) is 8.26. The first kappa shape index (κ1) is 21.5. The molecule has 1 fully saturated rings. The van der Waals surface area contributed by atoms with E-state index in [-0.39, 0.29) is 36.8 Å². The molecule has 3 rings (SSSR count). The first-order valence-corrected chi connectivity index (χ1v) is 8.62. The summed E-state index contributed by atoms with van der Waals surface area (Å²) in [6.07, 6.45) is 0. The molecule has 0 unspecified atom stereocenters. The maximum absolute atomic E-state index is 12.6. The number of aromatic nitrogens is 1. The molecule has 132 valence electrons. The van der Waals surface area contributed by atoms with Crippen LogP contribution >= 0.6 is 59.4 Å². The molecular formula is C15H17Cl4N3OS. The molecule has 1 aromatic carbocycles. The normalized spacial score (nSPS) is 17.0. The smallest absolute Gasteiger partial charge is 0.273 e. The Hall–Kier alpha value is -0.560. The van der Waals surface area contributed by atoms with E-state index in [0.29, 0.717) is 22.3 Å². The second-order valence-corrected chi connectivity index (χ2v) is 6.92. The van der Waals surface area contributed by atoms with Crippen molar-refractivity contribution in [2.24, 2.45) is 0 Å². The topological polar surface area (TPSA) is 45.2 Å². The highest BCUT2D eigenvalue weighted by Crippen LogP contribution is 2.32. The maximum Gasteiger partial charge on any atom is 0.273 e. The summed E-state index contributed by atoms with van der Waals surface area (Å²) in [4.78, 5) is 18.9. The molecule has 1 aromatic heterocycles. The number of rotatable bonds is 2. The average molecular weight is 429 g/mol. The second-order valence-electron chi connectivity index (χ2n) is 5.21. The van der Waals surface area contributed by atoms with Crippen LogP contribution < -0.4 is 5.32 Å². The Morgan fingerprint density at radius 3 is 2.79 bits per heavy atom. The molecule has 9 heteroatoms. The Morgan fingerprint density at radius 2 is 2.12 bits per heavy atom. The van der Waals surface area contributed by atoms with Crippen molar-refractivity contribution in [3.63, 3.8) is 0 Å². The predicted molar refractivity (Wildman–Crippen MR) is 105 cm³/mol. The first-order chi connectivity index (χ1) is 10.6. The molecule has 1 saturated heterocycles. The number of piperazine rings is 1. The molecule has 1 atom stereocenters. The van der Waals surface area contributed by atoms with Crippen molar-refractivity contribution in [3.05, 3.63) is 39.3 Å². The molecule has 1 N–H and O–H groups in total. The number of benzene rings is 1. The zero-order valence-electron chi connectivity index (χ0n) is 12.8. The average Bonchev–Trinajstić information content (AvgIpc) is 2.96. The minimum Gasteiger partial charge on any atom is -0.332 e. The van der Waals surface area contributed by atoms with Gasteiger partial charge < -0.3 is 10.2 Å². The Labute approximate surface area is 167 Å². The van der Waals surface area contributed by atoms with Crippen molar-refractivity contribution >= 4 is 65.3 Å². The minimum atomic E-state index is -0.0263. The van der Waals surface area contributed by atoms with Gasteiger partial charge in [0.2, 0.25) is 0 Å². The summed E-state index contributed by atoms with van der Waals surface area (Å²) in [7, 11) is 0. The van der Waals surface area contributed by atoms with Crippen LogP contribution in [0.3, 0.4) is 0 Å². The van der Waals surface area contributed by atoms with Crippen LogP contribution in [0.1, 0.15) is 17.4 Å². The fourth-order valence-corrected chi connectivity index (χ4v) is 3.84. The Balaban J connectivity index is 0.00000144. The summed E-state index contributed by atoms with van der Waals surface area (Å²) in [5, 5.41) is 6.91. The lowest BCUT2D eigenvalue weighted by molar-refractivity contribution is 0.0650. The van der Waals surface area contributed by atoms with Crippen LogP contribution in [0.15, 0.2) is 23.6 Å². The van der Waals surface area contributed by atoms with Gasteiger partial charge in [0.15, 0.2) is 0 Å². The minimum absolute atomic E-state index is 0. The molecule has 24 heavy (non-hydrogen) atoms. The molecule has 1 aliphatic heterocycles. The van der Waals surface area contributed by atoms with Gasteiger partial charge in [-0.25, -0.2) is 4.98 Å². The van der Waals surface area contributed by atoms with Crippen LogP contribution in [0.4, 0.5) is 0 Å². The Bertz CT molecular complexity index is 710. The number of hydrogen-bond donors (Lipinski definition) is 1. The summed E-state index contributed by atoms with van der Waals surface area (Å²) < 4.78 is 0. The van der Waals surface area contributed by atoms with Gasteiger partial charge in [0, 0.05) is 41.6 Å². The van der Waals surface area contributed by atoms with Crippen LogP contribution in [0.25, 0.3) is 10.6 Å². The van der Waals surface area contributed by atoms with E-state index in [4.69, 9.17) is 23.2 Å². The molecule has 1 aliphatic rings. The number of carbonyl (C=O) groups is 1. The first-order valence-electron chi connectivity index (χ1n) is 6.99. The molecular weight excluding hydrogens is 412 g/mol. The summed E-state index contributed by atoms with van der Waals surface area (Å²) in [6.45, 7) is 4.36. The van der Waals surface area contributed by atoms with Gasteiger partial charge in [0.05, 0.1) is 5.02 Å². The van der Waals surface area contributed by atoms with Crippen molar-refractivity contribution in [2.75, 3.05) is 19.6 Å². The summed E-state index contributed by atoms with van der Waals surface area (Å²) in [5.74, 6) is -0.0263. The highest BCUT2D eigenvalue weighted by molar-refractivity contribution is 7.13. The van der Waals surface area contributed by atoms with Crippen LogP contribution in [-0.4, -0.2) is 41.5 Å². The lowest BCUT2D eigenvalue weighted by atomic mass is 10.2. The van der Waals surface area contributed by atoms with Crippen molar-refractivity contribution in [1.82, 2.24) is 15.2 Å². The third-order valence-electron chi connectivity index (χ3n) is 3.65. The monoisotopic (exact) mass is 427 g/mol. The van der Waals surface area contributed by atoms with Gasteiger partial charge in [-0.2, -0.15) is 0 Å². The quantitative estimate of drug-likeness (QED) is 0.771. The van der Waals surface area contributed by atoms with E-state index in [2.05, 4.69) is 10.3 Å². The SMILES string of the molecule is C[C@H]1CNCCN1C(=O)c1csc(-c2ccc(Cl)cc2Cl)n1.Cl.Cl. The highest BCUT2D eigenvalue weighted by Gasteiger charge is 2.26. The molecule has 1 amide bonds. The standard InChI is InChI=1S/C15H15Cl2N3OS.2ClH/c1-9-7-18-4-5-20(9)15(21)13-8-22-14(19-13)11-3-2-10(16)6-12(11)17;;/h2-3,6,8-9,18H,4-5,7H2,1H3;2*1H/t9-;;/m0../s1. The fraction of sp³-hybridized carbons (Fsp3) is 0.333. The van der Waals surface area contributed by atoms with Gasteiger partial charge in [-0.05, 0) is 25.1 Å². The third-order valence-corrected chi connectivity index (χ3v) is 5.07. The van der Waals surface area contributed by atoms with Crippen LogP contribution in [0.2, 0.25) is 10.0 Å². The van der Waals surface area contributed by atoms with Gasteiger partial charge in [-0.3, -0.25) is 4.79 Å². The van der Waals surface area contributed by atoms with Crippen molar-refractivity contribution in [1.29, 1.82) is 0 Å². The molecule has 4 nitrogen and oxygen atoms in total. The fourth-order valence-electron chi connectivity index (χ4n) is 2.45. The number of amides is 1. The van der Waals surface area contributed by atoms with Gasteiger partial charge in [-0.15, -0.1) is 36.2 Å². The van der Waals surface area contributed by atoms with Gasteiger partial charge >= 0.3 is 0 Å². The number of hydrogen-bond acceptors (Lipinski definition) is 4. The van der Waals surface area contributed by atoms with Gasteiger partial charge in [0.1, 0.15) is 10.7 Å². The zero-order chi connectivity index (χ0) is 15.7. The lowest BCUT2D eigenvalue weighted by Gasteiger charge is -2.33. The number of carbonyl (C=O) groups excluding carboxylic acids is 1. The number of halogens is 4. The lowest BCUT2D eigenvalue weighted by Crippen LogP contribution is -2.52. The van der Waals surface area contributed by atoms with E-state index < -0.39 is 0 Å². The van der Waals surface area contributed by atoms with Crippen LogP contribution in [0, 0.1) is 0 Å². The van der Waals surface area contributed by atoms with Crippen LogP contribution in [-0.2, 0) is 0 Å². The van der Waals surface area contributed by atoms with E-state index in [1.54, 1.807) is 17.5 Å². The zero-order valence-corrected chi connectivity index (χ0v) is 16.8. The molecule has 0 radical (unpaired) electrons. The van der Waals surface area contributed by atoms with Crippen molar-refractivity contribution < 1.29 is 4.79 Å². The van der Waals surface area contributed by atoms with Gasteiger partial charge in [0.25, 0.3) is 5.91 Å². The van der Waals surface area contributed by atoms with E-state index in [0.717, 1.165) is 23.7 Å². The number of nitrogens with zero attached hydrogens (tertiary/aromatic N) is 2. The number of thiazole rings is 1. The molecule has 2 aromatic rings. The molecule has 2 heterocycles. The Morgan fingerprint density at radius 1 is 1.38 bits per heavy atom. The van der Waals surface area contributed by atoms with E-state index in [1.165, 1.54) is 11.3 Å². The molecule has 0 bridgehead atoms. The number of nitrogens with one attached hydrogen (secondary N) is 1. The molecule has 0 saturated carbocycles. The van der Waals surface area contributed by atoms with Gasteiger partial charge in [-0.1, -0.05) is 23.2 Å². The third kappa shape index (κ3) is 4.54. The van der Waals surface area contributed by atoms with E-state index >= 15 is 0 Å². The largest absolute Gasteiger partial charge is 0.332 e. The summed E-state index contributed by atoms with van der Waals surface area (Å²) >= 11 is 13.5. The summed E-state index contributed by atoms with van der Waals surface area (Å²) in [5.41, 5.74) is 1.27. The van der Waals surface area contributed by atoms with Crippen molar-refractivity contribution in [3.8, 4) is 10.6 Å². The van der Waals surface area contributed by atoms with Crippen molar-refractivity contribution in [2.45, 2.75) is 13.0 Å². The summed E-state index contributed by atoms with van der Waals surface area (Å²) in [6, 6.07) is 5.44. The molecule has 0 spiro atoms. The van der Waals surface area contributed by atoms with E-state index in [9.17, 15) is 4.79 Å². The maximum atomic E-state index is 12.6.